The van der Waals surface area contributed by atoms with Crippen LogP contribution in [0.25, 0.3) is 0 Å². The lowest BCUT2D eigenvalue weighted by molar-refractivity contribution is -0.181. The minimum absolute atomic E-state index is 0.120. The fraction of sp³-hybridized carbons (Fsp3) is 0.478. The summed E-state index contributed by atoms with van der Waals surface area (Å²) < 4.78 is 17.0. The summed E-state index contributed by atoms with van der Waals surface area (Å²) in [4.78, 5) is 0. The van der Waals surface area contributed by atoms with Gasteiger partial charge in [-0.25, -0.2) is 0 Å². The van der Waals surface area contributed by atoms with Crippen molar-refractivity contribution in [3.8, 4) is 5.75 Å². The molecule has 0 spiro atoms. The van der Waals surface area contributed by atoms with Crippen molar-refractivity contribution in [1.82, 2.24) is 0 Å². The molecule has 2 aromatic carbocycles. The maximum atomic E-state index is 10.1. The van der Waals surface area contributed by atoms with Crippen LogP contribution in [-0.2, 0) is 15.9 Å². The van der Waals surface area contributed by atoms with E-state index >= 15 is 0 Å². The van der Waals surface area contributed by atoms with Crippen LogP contribution in [0.1, 0.15) is 35.6 Å². The van der Waals surface area contributed by atoms with E-state index in [-0.39, 0.29) is 19.1 Å². The van der Waals surface area contributed by atoms with Gasteiger partial charge in [0.15, 0.2) is 0 Å². The fourth-order valence-electron chi connectivity index (χ4n) is 3.95. The summed E-state index contributed by atoms with van der Waals surface area (Å²) in [6.07, 6.45) is -1.33. The van der Waals surface area contributed by atoms with E-state index in [1.54, 1.807) is 0 Å². The molecule has 2 fully saturated rings. The number of halogens is 1. The molecule has 2 saturated heterocycles. The van der Waals surface area contributed by atoms with Crippen molar-refractivity contribution >= 4 is 11.6 Å². The van der Waals surface area contributed by atoms with E-state index < -0.39 is 24.4 Å². The smallest absolute Gasteiger partial charge is 0.124 e. The molecule has 0 saturated carbocycles. The van der Waals surface area contributed by atoms with Crippen molar-refractivity contribution in [2.75, 3.05) is 19.8 Å². The molecule has 0 amide bonds. The molecule has 3 N–H and O–H groups in total. The predicted molar refractivity (Wildman–Crippen MR) is 112 cm³/mol. The largest absolute Gasteiger partial charge is 0.488 e. The van der Waals surface area contributed by atoms with Gasteiger partial charge in [0.2, 0.25) is 0 Å². The van der Waals surface area contributed by atoms with E-state index in [2.05, 4.69) is 0 Å². The molecule has 6 nitrogen and oxygen atoms in total. The highest BCUT2D eigenvalue weighted by Gasteiger charge is 2.37. The number of rotatable bonds is 6. The zero-order valence-electron chi connectivity index (χ0n) is 16.6. The molecule has 0 aromatic heterocycles. The van der Waals surface area contributed by atoms with Gasteiger partial charge in [0, 0.05) is 17.9 Å². The molecule has 0 aliphatic carbocycles. The first-order valence-electron chi connectivity index (χ1n) is 10.3. The van der Waals surface area contributed by atoms with Gasteiger partial charge in [0.05, 0.1) is 32.0 Å². The Labute approximate surface area is 181 Å². The van der Waals surface area contributed by atoms with Crippen LogP contribution in [0.2, 0.25) is 5.02 Å². The van der Waals surface area contributed by atoms with E-state index in [1.165, 1.54) is 0 Å². The fourth-order valence-corrected chi connectivity index (χ4v) is 4.14. The number of hydrogen-bond donors (Lipinski definition) is 3. The highest BCUT2D eigenvalue weighted by molar-refractivity contribution is 6.31. The summed E-state index contributed by atoms with van der Waals surface area (Å²) in [5.74, 6) is 0.826. The molecule has 2 aliphatic heterocycles. The minimum Gasteiger partial charge on any atom is -0.488 e. The van der Waals surface area contributed by atoms with Gasteiger partial charge in [-0.3, -0.25) is 0 Å². The molecular weight excluding hydrogens is 408 g/mol. The standard InChI is InChI=1S/C23H27ClO6/c24-19-6-3-15(21-11-20(26)23(27)22(12-25)30-21)10-16(19)9-14-1-4-17(5-2-14)29-18-7-8-28-13-18/h1-6,10,18,20-23,25-27H,7-9,11-13H2. The lowest BCUT2D eigenvalue weighted by atomic mass is 9.92. The molecule has 2 aromatic rings. The first-order valence-corrected chi connectivity index (χ1v) is 10.7. The molecular formula is C23H27ClO6. The molecule has 0 bridgehead atoms. The van der Waals surface area contributed by atoms with E-state index in [0.29, 0.717) is 18.1 Å². The topological polar surface area (TPSA) is 88.4 Å². The Kier molecular flexibility index (Phi) is 6.93. The number of benzene rings is 2. The second-order valence-corrected chi connectivity index (χ2v) is 8.32. The summed E-state index contributed by atoms with van der Waals surface area (Å²) >= 11 is 6.43. The second-order valence-electron chi connectivity index (χ2n) is 7.91. The maximum absolute atomic E-state index is 10.1. The van der Waals surface area contributed by atoms with Crippen LogP contribution in [0.5, 0.6) is 5.75 Å². The molecule has 4 rings (SSSR count). The van der Waals surface area contributed by atoms with Gasteiger partial charge in [-0.05, 0) is 41.3 Å². The number of aliphatic hydroxyl groups excluding tert-OH is 3. The predicted octanol–water partition coefficient (Wildman–Crippen LogP) is 2.64. The van der Waals surface area contributed by atoms with E-state index in [1.807, 2.05) is 42.5 Å². The molecule has 5 atom stereocenters. The third kappa shape index (κ3) is 4.97. The molecule has 5 unspecified atom stereocenters. The van der Waals surface area contributed by atoms with Crippen molar-refractivity contribution in [3.63, 3.8) is 0 Å². The van der Waals surface area contributed by atoms with Gasteiger partial charge < -0.3 is 29.5 Å². The normalized spacial score (nSPS) is 29.1. The molecule has 7 heteroatoms. The Bertz CT molecular complexity index is 836. The first-order chi connectivity index (χ1) is 14.5. The van der Waals surface area contributed by atoms with Gasteiger partial charge >= 0.3 is 0 Å². The molecule has 162 valence electrons. The molecule has 2 heterocycles. The zero-order valence-corrected chi connectivity index (χ0v) is 17.4. The van der Waals surface area contributed by atoms with Crippen LogP contribution in [-0.4, -0.2) is 59.6 Å². The van der Waals surface area contributed by atoms with E-state index in [9.17, 15) is 15.3 Å². The average Bonchev–Trinajstić information content (AvgIpc) is 3.26. The molecule has 2 aliphatic rings. The summed E-state index contributed by atoms with van der Waals surface area (Å²) in [5, 5.41) is 30.1. The highest BCUT2D eigenvalue weighted by Crippen LogP contribution is 2.34. The van der Waals surface area contributed by atoms with E-state index in [0.717, 1.165) is 35.5 Å². The quantitative estimate of drug-likeness (QED) is 0.647. The van der Waals surface area contributed by atoms with Crippen LogP contribution < -0.4 is 4.74 Å². The summed E-state index contributed by atoms with van der Waals surface area (Å²) in [7, 11) is 0. The van der Waals surface area contributed by atoms with Gasteiger partial charge in [0.1, 0.15) is 24.1 Å². The second kappa shape index (κ2) is 9.64. The van der Waals surface area contributed by atoms with Gasteiger partial charge in [-0.1, -0.05) is 35.9 Å². The number of hydrogen-bond acceptors (Lipinski definition) is 6. The van der Waals surface area contributed by atoms with Crippen molar-refractivity contribution in [3.05, 3.63) is 64.2 Å². The third-order valence-electron chi connectivity index (χ3n) is 5.70. The van der Waals surface area contributed by atoms with E-state index in [4.69, 9.17) is 25.8 Å². The Morgan fingerprint density at radius 1 is 1.10 bits per heavy atom. The SMILES string of the molecule is OCC1OC(c2ccc(Cl)c(Cc3ccc(OC4CCOC4)cc3)c2)CC(O)C1O. The van der Waals surface area contributed by atoms with Crippen molar-refractivity contribution in [2.45, 2.75) is 49.8 Å². The Balaban J connectivity index is 1.45. The molecule has 30 heavy (non-hydrogen) atoms. The van der Waals surface area contributed by atoms with Crippen molar-refractivity contribution < 1.29 is 29.5 Å². The maximum Gasteiger partial charge on any atom is 0.124 e. The minimum atomic E-state index is -1.09. The van der Waals surface area contributed by atoms with Crippen molar-refractivity contribution in [1.29, 1.82) is 0 Å². The molecule has 0 radical (unpaired) electrons. The lowest BCUT2D eigenvalue weighted by Gasteiger charge is -2.36. The Morgan fingerprint density at radius 2 is 1.90 bits per heavy atom. The van der Waals surface area contributed by atoms with Gasteiger partial charge in [-0.2, -0.15) is 0 Å². The third-order valence-corrected chi connectivity index (χ3v) is 6.07. The van der Waals surface area contributed by atoms with Crippen LogP contribution in [0, 0.1) is 0 Å². The lowest BCUT2D eigenvalue weighted by Crippen LogP contribution is -2.47. The number of ether oxygens (including phenoxy) is 3. The average molecular weight is 435 g/mol. The van der Waals surface area contributed by atoms with Crippen molar-refractivity contribution in [2.24, 2.45) is 0 Å². The summed E-state index contributed by atoms with van der Waals surface area (Å²) in [5.41, 5.74) is 2.90. The monoisotopic (exact) mass is 434 g/mol. The summed E-state index contributed by atoms with van der Waals surface area (Å²) in [6.45, 7) is 1.03. The first kappa shape index (κ1) is 21.6. The van der Waals surface area contributed by atoms with Gasteiger partial charge in [0.25, 0.3) is 0 Å². The summed E-state index contributed by atoms with van der Waals surface area (Å²) in [6, 6.07) is 13.6. The van der Waals surface area contributed by atoms with Crippen LogP contribution in [0.15, 0.2) is 42.5 Å². The van der Waals surface area contributed by atoms with Crippen LogP contribution in [0.3, 0.4) is 0 Å². The Morgan fingerprint density at radius 3 is 2.60 bits per heavy atom. The van der Waals surface area contributed by atoms with Gasteiger partial charge in [-0.15, -0.1) is 0 Å². The van der Waals surface area contributed by atoms with Crippen LogP contribution >= 0.6 is 11.6 Å². The Hall–Kier alpha value is -1.67. The zero-order chi connectivity index (χ0) is 21.1. The van der Waals surface area contributed by atoms with Crippen LogP contribution in [0.4, 0.5) is 0 Å². The highest BCUT2D eigenvalue weighted by atomic mass is 35.5. The number of aliphatic hydroxyl groups is 3.